The van der Waals surface area contributed by atoms with E-state index in [0.29, 0.717) is 0 Å². The van der Waals surface area contributed by atoms with Crippen molar-refractivity contribution in [2.75, 3.05) is 14.1 Å². The minimum absolute atomic E-state index is 0.0685. The molecule has 2 atom stereocenters. The van der Waals surface area contributed by atoms with Crippen LogP contribution in [-0.2, 0) is 9.59 Å². The summed E-state index contributed by atoms with van der Waals surface area (Å²) in [5.41, 5.74) is 4.93. The lowest BCUT2D eigenvalue weighted by Crippen LogP contribution is -2.30. The molecule has 14 heavy (non-hydrogen) atoms. The highest BCUT2D eigenvalue weighted by Crippen LogP contribution is 2.12. The summed E-state index contributed by atoms with van der Waals surface area (Å²) in [5.74, 6) is -0.875. The molecule has 0 spiro atoms. The number of rotatable bonds is 5. The van der Waals surface area contributed by atoms with Gasteiger partial charge in [-0.3, -0.25) is 9.59 Å². The van der Waals surface area contributed by atoms with Gasteiger partial charge in [-0.05, 0) is 5.92 Å². The Bertz CT molecular complexity index is 216. The smallest absolute Gasteiger partial charge is 0.222 e. The van der Waals surface area contributed by atoms with Crippen molar-refractivity contribution in [1.82, 2.24) is 4.90 Å². The summed E-state index contributed by atoms with van der Waals surface area (Å²) in [6.45, 7) is 1.72. The van der Waals surface area contributed by atoms with Gasteiger partial charge in [0, 0.05) is 20.5 Å². The lowest BCUT2D eigenvalue weighted by molar-refractivity contribution is -0.131. The summed E-state index contributed by atoms with van der Waals surface area (Å²) in [6.07, 6.45) is -0.708. The molecule has 0 fully saturated rings. The molecule has 2 amide bonds. The van der Waals surface area contributed by atoms with Gasteiger partial charge in [0.2, 0.25) is 11.8 Å². The molecule has 0 rings (SSSR count). The molecule has 0 aromatic heterocycles. The molecule has 0 aliphatic carbocycles. The number of primary amides is 1. The fourth-order valence-electron chi connectivity index (χ4n) is 1.00. The van der Waals surface area contributed by atoms with Crippen LogP contribution in [0.4, 0.5) is 0 Å². The average molecular weight is 202 g/mol. The summed E-state index contributed by atoms with van der Waals surface area (Å²) in [4.78, 5) is 23.2. The first kappa shape index (κ1) is 12.9. The Morgan fingerprint density at radius 2 is 1.86 bits per heavy atom. The Balaban J connectivity index is 4.00. The molecule has 0 aromatic rings. The molecule has 0 heterocycles. The summed E-state index contributed by atoms with van der Waals surface area (Å²) in [6, 6.07) is 0. The number of carbonyl (C=O) groups excluding carboxylic acids is 2. The van der Waals surface area contributed by atoms with Crippen LogP contribution >= 0.6 is 0 Å². The Labute approximate surface area is 83.9 Å². The Morgan fingerprint density at radius 3 is 2.21 bits per heavy atom. The van der Waals surface area contributed by atoms with Crippen molar-refractivity contribution < 1.29 is 14.7 Å². The van der Waals surface area contributed by atoms with Crippen LogP contribution in [-0.4, -0.2) is 42.0 Å². The number of nitrogens with two attached hydrogens (primary N) is 1. The maximum Gasteiger partial charge on any atom is 0.222 e. The molecule has 82 valence electrons. The zero-order valence-corrected chi connectivity index (χ0v) is 8.86. The van der Waals surface area contributed by atoms with Gasteiger partial charge in [0.05, 0.1) is 12.5 Å². The van der Waals surface area contributed by atoms with Crippen LogP contribution in [0.5, 0.6) is 0 Å². The van der Waals surface area contributed by atoms with Crippen molar-refractivity contribution >= 4 is 11.8 Å². The van der Waals surface area contributed by atoms with E-state index < -0.39 is 12.0 Å². The largest absolute Gasteiger partial charge is 0.392 e. The molecule has 0 aliphatic rings. The van der Waals surface area contributed by atoms with Gasteiger partial charge in [0.1, 0.15) is 0 Å². The van der Waals surface area contributed by atoms with E-state index in [4.69, 9.17) is 5.73 Å². The third-order valence-electron chi connectivity index (χ3n) is 2.06. The van der Waals surface area contributed by atoms with Crippen LogP contribution in [0.3, 0.4) is 0 Å². The molecular weight excluding hydrogens is 184 g/mol. The van der Waals surface area contributed by atoms with Gasteiger partial charge < -0.3 is 15.7 Å². The fourth-order valence-corrected chi connectivity index (χ4v) is 1.00. The normalized spacial score (nSPS) is 14.6. The summed E-state index contributed by atoms with van der Waals surface area (Å²) >= 11 is 0. The molecule has 0 saturated carbocycles. The first-order valence-electron chi connectivity index (χ1n) is 4.51. The van der Waals surface area contributed by atoms with Crippen LogP contribution < -0.4 is 5.73 Å². The molecule has 0 bridgehead atoms. The first-order chi connectivity index (χ1) is 6.34. The van der Waals surface area contributed by atoms with Crippen molar-refractivity contribution in [3.05, 3.63) is 0 Å². The van der Waals surface area contributed by atoms with Gasteiger partial charge >= 0.3 is 0 Å². The van der Waals surface area contributed by atoms with Crippen LogP contribution in [0, 0.1) is 5.92 Å². The molecule has 5 heteroatoms. The monoisotopic (exact) mass is 202 g/mol. The van der Waals surface area contributed by atoms with Crippen LogP contribution in [0.2, 0.25) is 0 Å². The second-order valence-electron chi connectivity index (χ2n) is 3.71. The quantitative estimate of drug-likeness (QED) is 0.620. The SMILES string of the molecule is C[C@H](CC(=O)N(C)C)[C@@H](O)CC(N)=O. The zero-order valence-electron chi connectivity index (χ0n) is 8.86. The standard InChI is InChI=1S/C9H18N2O3/c1-6(4-9(14)11(2)3)7(12)5-8(10)13/h6-7,12H,4-5H2,1-3H3,(H2,10,13)/t6-,7+/m1/s1. The molecule has 5 nitrogen and oxygen atoms in total. The maximum atomic E-state index is 11.2. The van der Waals surface area contributed by atoms with Gasteiger partial charge in [-0.1, -0.05) is 6.92 Å². The molecule has 0 saturated heterocycles. The Kier molecular flexibility index (Phi) is 5.15. The molecule has 3 N–H and O–H groups in total. The van der Waals surface area contributed by atoms with E-state index in [1.165, 1.54) is 4.90 Å². The zero-order chi connectivity index (χ0) is 11.3. The summed E-state index contributed by atoms with van der Waals surface area (Å²) in [7, 11) is 3.30. The number of hydrogen-bond acceptors (Lipinski definition) is 3. The molecule has 0 radical (unpaired) electrons. The van der Waals surface area contributed by atoms with Crippen molar-refractivity contribution in [2.45, 2.75) is 25.9 Å². The molecule has 0 aromatic carbocycles. The van der Waals surface area contributed by atoms with E-state index in [1.54, 1.807) is 21.0 Å². The van der Waals surface area contributed by atoms with E-state index in [0.717, 1.165) is 0 Å². The third-order valence-corrected chi connectivity index (χ3v) is 2.06. The minimum Gasteiger partial charge on any atom is -0.392 e. The van der Waals surface area contributed by atoms with Gasteiger partial charge in [0.15, 0.2) is 0 Å². The lowest BCUT2D eigenvalue weighted by atomic mass is 9.97. The number of carbonyl (C=O) groups is 2. The van der Waals surface area contributed by atoms with Crippen molar-refractivity contribution in [3.63, 3.8) is 0 Å². The van der Waals surface area contributed by atoms with E-state index in [1.807, 2.05) is 0 Å². The third kappa shape index (κ3) is 4.81. The lowest BCUT2D eigenvalue weighted by Gasteiger charge is -2.19. The van der Waals surface area contributed by atoms with Crippen LogP contribution in [0.25, 0.3) is 0 Å². The van der Waals surface area contributed by atoms with Crippen molar-refractivity contribution in [1.29, 1.82) is 0 Å². The molecular formula is C9H18N2O3. The number of amides is 2. The van der Waals surface area contributed by atoms with Crippen molar-refractivity contribution in [2.24, 2.45) is 11.7 Å². The minimum atomic E-state index is -0.837. The van der Waals surface area contributed by atoms with Crippen LogP contribution in [0.1, 0.15) is 19.8 Å². The van der Waals surface area contributed by atoms with Gasteiger partial charge in [-0.25, -0.2) is 0 Å². The molecule has 0 unspecified atom stereocenters. The Morgan fingerprint density at radius 1 is 1.36 bits per heavy atom. The summed E-state index contributed by atoms with van der Waals surface area (Å²) < 4.78 is 0. The van der Waals surface area contributed by atoms with E-state index in [9.17, 15) is 14.7 Å². The van der Waals surface area contributed by atoms with Gasteiger partial charge in [-0.15, -0.1) is 0 Å². The Hall–Kier alpha value is -1.10. The second kappa shape index (κ2) is 5.59. The predicted molar refractivity (Wildman–Crippen MR) is 52.3 cm³/mol. The first-order valence-corrected chi connectivity index (χ1v) is 4.51. The van der Waals surface area contributed by atoms with Gasteiger partial charge in [0.25, 0.3) is 0 Å². The highest BCUT2D eigenvalue weighted by Gasteiger charge is 2.20. The summed E-state index contributed by atoms with van der Waals surface area (Å²) in [5, 5.41) is 9.45. The highest BCUT2D eigenvalue weighted by atomic mass is 16.3. The molecule has 0 aliphatic heterocycles. The van der Waals surface area contributed by atoms with E-state index >= 15 is 0 Å². The predicted octanol–water partition coefficient (Wildman–Crippen LogP) is -0.663. The van der Waals surface area contributed by atoms with Crippen molar-refractivity contribution in [3.8, 4) is 0 Å². The number of hydrogen-bond donors (Lipinski definition) is 2. The topological polar surface area (TPSA) is 83.6 Å². The number of aliphatic hydroxyl groups is 1. The number of aliphatic hydroxyl groups excluding tert-OH is 1. The fraction of sp³-hybridized carbons (Fsp3) is 0.778. The van der Waals surface area contributed by atoms with E-state index in [-0.39, 0.29) is 24.7 Å². The van der Waals surface area contributed by atoms with Gasteiger partial charge in [-0.2, -0.15) is 0 Å². The highest BCUT2D eigenvalue weighted by molar-refractivity contribution is 5.76. The van der Waals surface area contributed by atoms with E-state index in [2.05, 4.69) is 0 Å². The number of nitrogens with zero attached hydrogens (tertiary/aromatic N) is 1. The second-order valence-corrected chi connectivity index (χ2v) is 3.71. The van der Waals surface area contributed by atoms with Crippen LogP contribution in [0.15, 0.2) is 0 Å². The maximum absolute atomic E-state index is 11.2. The average Bonchev–Trinajstić information content (AvgIpc) is 2.02.